The minimum atomic E-state index is -4.49. The van der Waals surface area contributed by atoms with Crippen LogP contribution in [0.4, 0.5) is 13.2 Å². The Morgan fingerprint density at radius 2 is 1.73 bits per heavy atom. The van der Waals surface area contributed by atoms with Gasteiger partial charge in [0, 0.05) is 12.8 Å². The highest BCUT2D eigenvalue weighted by Gasteiger charge is 2.34. The van der Waals surface area contributed by atoms with E-state index >= 15 is 0 Å². The molecule has 0 bridgehead atoms. The maximum absolute atomic E-state index is 12.7. The van der Waals surface area contributed by atoms with Crippen LogP contribution < -0.4 is 5.32 Å². The number of nitrogens with one attached hydrogen (secondary N) is 1. The number of benzene rings is 1. The molecule has 1 rings (SSSR count). The normalized spacial score (nSPS) is 13.0. The highest BCUT2D eigenvalue weighted by atomic mass is 32.2. The Kier molecular flexibility index (Phi) is 5.27. The molecule has 22 heavy (non-hydrogen) atoms. The van der Waals surface area contributed by atoms with E-state index in [1.165, 1.54) is 26.0 Å². The number of rotatable bonds is 5. The molecule has 4 nitrogen and oxygen atoms in total. The van der Waals surface area contributed by atoms with Gasteiger partial charge in [0.2, 0.25) is 5.91 Å². The third kappa shape index (κ3) is 5.01. The van der Waals surface area contributed by atoms with Crippen LogP contribution in [0.3, 0.4) is 0 Å². The smallest absolute Gasteiger partial charge is 0.354 e. The van der Waals surface area contributed by atoms with Crippen molar-refractivity contribution in [1.29, 1.82) is 0 Å². The maximum Gasteiger partial charge on any atom is 0.416 e. The highest BCUT2D eigenvalue weighted by Crippen LogP contribution is 2.32. The summed E-state index contributed by atoms with van der Waals surface area (Å²) in [5.74, 6) is -0.757. The molecule has 0 aliphatic heterocycles. The van der Waals surface area contributed by atoms with Crippen LogP contribution in [-0.4, -0.2) is 32.9 Å². The van der Waals surface area contributed by atoms with E-state index in [2.05, 4.69) is 5.32 Å². The fraction of sp³-hybridized carbons (Fsp3) is 0.500. The zero-order chi connectivity index (χ0) is 17.2. The van der Waals surface area contributed by atoms with Crippen LogP contribution in [-0.2, 0) is 26.2 Å². The average Bonchev–Trinajstić information content (AvgIpc) is 2.36. The van der Waals surface area contributed by atoms with Crippen molar-refractivity contribution in [3.63, 3.8) is 0 Å². The molecule has 8 heteroatoms. The zero-order valence-electron chi connectivity index (χ0n) is 12.5. The number of carbonyl (C=O) groups excluding carboxylic acids is 1. The standard InChI is InChI=1S/C14H18F3NO3S/c1-13(2,12(19)18-7-8-22(3,20)21)10-5-4-6-11(9-10)14(15,16)17/h4-6,9H,7-8H2,1-3H3,(H,18,19). The number of hydrogen-bond donors (Lipinski definition) is 1. The van der Waals surface area contributed by atoms with Gasteiger partial charge in [0.15, 0.2) is 0 Å². The summed E-state index contributed by atoms with van der Waals surface area (Å²) >= 11 is 0. The van der Waals surface area contributed by atoms with Crippen LogP contribution in [0.5, 0.6) is 0 Å². The summed E-state index contributed by atoms with van der Waals surface area (Å²) in [5.41, 5.74) is -1.83. The lowest BCUT2D eigenvalue weighted by atomic mass is 9.83. The van der Waals surface area contributed by atoms with E-state index in [4.69, 9.17) is 0 Å². The molecule has 0 fully saturated rings. The number of sulfone groups is 1. The van der Waals surface area contributed by atoms with Gasteiger partial charge < -0.3 is 5.32 Å². The fourth-order valence-electron chi connectivity index (χ4n) is 1.79. The predicted molar refractivity (Wildman–Crippen MR) is 77.2 cm³/mol. The molecule has 0 aromatic heterocycles. The topological polar surface area (TPSA) is 63.2 Å². The van der Waals surface area contributed by atoms with Gasteiger partial charge in [0.05, 0.1) is 16.7 Å². The van der Waals surface area contributed by atoms with Gasteiger partial charge in [-0.25, -0.2) is 8.42 Å². The maximum atomic E-state index is 12.7. The van der Waals surface area contributed by atoms with E-state index in [0.717, 1.165) is 18.4 Å². The summed E-state index contributed by atoms with van der Waals surface area (Å²) < 4.78 is 60.2. The monoisotopic (exact) mass is 337 g/mol. The van der Waals surface area contributed by atoms with Gasteiger partial charge >= 0.3 is 6.18 Å². The van der Waals surface area contributed by atoms with Gasteiger partial charge in [-0.1, -0.05) is 18.2 Å². The van der Waals surface area contributed by atoms with Crippen molar-refractivity contribution in [2.24, 2.45) is 0 Å². The second kappa shape index (κ2) is 6.28. The molecule has 124 valence electrons. The third-order valence-electron chi connectivity index (χ3n) is 3.24. The molecule has 1 aromatic rings. The first kappa shape index (κ1) is 18.5. The molecule has 0 saturated carbocycles. The van der Waals surface area contributed by atoms with Crippen LogP contribution in [0.25, 0.3) is 0 Å². The Hall–Kier alpha value is -1.57. The molecule has 0 atom stereocenters. The zero-order valence-corrected chi connectivity index (χ0v) is 13.3. The van der Waals surface area contributed by atoms with Gasteiger partial charge in [-0.2, -0.15) is 13.2 Å². The SMILES string of the molecule is CC(C)(C(=O)NCCS(C)(=O)=O)c1cccc(C(F)(F)F)c1. The first-order chi connectivity index (χ1) is 9.84. The number of hydrogen-bond acceptors (Lipinski definition) is 3. The van der Waals surface area contributed by atoms with Gasteiger partial charge in [-0.3, -0.25) is 4.79 Å². The Balaban J connectivity index is 2.91. The van der Waals surface area contributed by atoms with Gasteiger partial charge in [0.25, 0.3) is 0 Å². The number of alkyl halides is 3. The van der Waals surface area contributed by atoms with Crippen molar-refractivity contribution in [2.45, 2.75) is 25.4 Å². The lowest BCUT2D eigenvalue weighted by molar-refractivity contribution is -0.137. The number of amides is 1. The van der Waals surface area contributed by atoms with E-state index in [1.54, 1.807) is 0 Å². The summed E-state index contributed by atoms with van der Waals surface area (Å²) in [6, 6.07) is 4.53. The van der Waals surface area contributed by atoms with Crippen LogP contribution in [0.2, 0.25) is 0 Å². The molecular weight excluding hydrogens is 319 g/mol. The molecule has 0 saturated heterocycles. The van der Waals surface area contributed by atoms with Crippen molar-refractivity contribution >= 4 is 15.7 Å². The largest absolute Gasteiger partial charge is 0.416 e. The summed E-state index contributed by atoms with van der Waals surface area (Å²) in [5, 5.41) is 2.44. The second-order valence-electron chi connectivity index (χ2n) is 5.59. The molecule has 1 aromatic carbocycles. The Morgan fingerprint density at radius 1 is 1.18 bits per heavy atom. The van der Waals surface area contributed by atoms with Crippen molar-refractivity contribution in [1.82, 2.24) is 5.32 Å². The van der Waals surface area contributed by atoms with Crippen LogP contribution in [0.1, 0.15) is 25.0 Å². The molecule has 1 N–H and O–H groups in total. The average molecular weight is 337 g/mol. The first-order valence-electron chi connectivity index (χ1n) is 6.48. The molecule has 0 radical (unpaired) electrons. The van der Waals surface area contributed by atoms with Gasteiger partial charge in [-0.05, 0) is 25.5 Å². The first-order valence-corrected chi connectivity index (χ1v) is 8.54. The van der Waals surface area contributed by atoms with Crippen molar-refractivity contribution in [3.8, 4) is 0 Å². The van der Waals surface area contributed by atoms with Crippen molar-refractivity contribution in [2.75, 3.05) is 18.6 Å². The molecule has 0 unspecified atom stereocenters. The van der Waals surface area contributed by atoms with E-state index < -0.39 is 32.9 Å². The summed E-state index contributed by atoms with van der Waals surface area (Å²) in [7, 11) is -3.22. The number of halogens is 3. The molecule has 0 aliphatic carbocycles. The molecule has 0 aliphatic rings. The fourth-order valence-corrected chi connectivity index (χ4v) is 2.26. The Bertz CT molecular complexity index is 652. The van der Waals surface area contributed by atoms with Crippen LogP contribution >= 0.6 is 0 Å². The number of carbonyl (C=O) groups is 1. The summed E-state index contributed by atoms with van der Waals surface area (Å²) in [6.07, 6.45) is -3.45. The lowest BCUT2D eigenvalue weighted by Gasteiger charge is -2.25. The van der Waals surface area contributed by atoms with Crippen LogP contribution in [0, 0.1) is 0 Å². The second-order valence-corrected chi connectivity index (χ2v) is 7.85. The molecule has 0 heterocycles. The summed E-state index contributed by atoms with van der Waals surface area (Å²) in [4.78, 5) is 12.1. The lowest BCUT2D eigenvalue weighted by Crippen LogP contribution is -2.42. The minimum absolute atomic E-state index is 0.0833. The van der Waals surface area contributed by atoms with E-state index in [-0.39, 0.29) is 17.9 Å². The quantitative estimate of drug-likeness (QED) is 0.895. The van der Waals surface area contributed by atoms with E-state index in [0.29, 0.717) is 0 Å². The van der Waals surface area contributed by atoms with E-state index in [9.17, 15) is 26.4 Å². The molecule has 0 spiro atoms. The Labute approximate surface area is 127 Å². The van der Waals surface area contributed by atoms with Crippen LogP contribution in [0.15, 0.2) is 24.3 Å². The minimum Gasteiger partial charge on any atom is -0.354 e. The highest BCUT2D eigenvalue weighted by molar-refractivity contribution is 7.90. The van der Waals surface area contributed by atoms with E-state index in [1.807, 2.05) is 0 Å². The molecule has 1 amide bonds. The predicted octanol–water partition coefficient (Wildman–Crippen LogP) is 2.14. The van der Waals surface area contributed by atoms with Gasteiger partial charge in [0.1, 0.15) is 9.84 Å². The van der Waals surface area contributed by atoms with Gasteiger partial charge in [-0.15, -0.1) is 0 Å². The summed E-state index contributed by atoms with van der Waals surface area (Å²) in [6.45, 7) is 2.89. The van der Waals surface area contributed by atoms with Crippen molar-refractivity contribution < 1.29 is 26.4 Å². The molecular formula is C14H18F3NO3S. The van der Waals surface area contributed by atoms with Crippen molar-refractivity contribution in [3.05, 3.63) is 35.4 Å². The third-order valence-corrected chi connectivity index (χ3v) is 4.18. The Morgan fingerprint density at radius 3 is 2.23 bits per heavy atom.